The van der Waals surface area contributed by atoms with Crippen molar-refractivity contribution in [2.24, 2.45) is 0 Å². The van der Waals surface area contributed by atoms with Crippen LogP contribution in [0.25, 0.3) is 0 Å². The zero-order valence-electron chi connectivity index (χ0n) is 20.5. The Bertz CT molecular complexity index is 394. The first kappa shape index (κ1) is 28.8. The van der Waals surface area contributed by atoms with Crippen LogP contribution in [0.5, 0.6) is 0 Å². The van der Waals surface area contributed by atoms with Gasteiger partial charge in [0.2, 0.25) is 0 Å². The predicted molar refractivity (Wildman–Crippen MR) is 128 cm³/mol. The van der Waals surface area contributed by atoms with Gasteiger partial charge < -0.3 is 44.4 Å². The average Bonchev–Trinajstić information content (AvgIpc) is 2.84. The SMILES string of the molecule is C1CNCCNCCCN(CCOCC2COCCOCCOCCOCCO2)CCNC1. The lowest BCUT2D eigenvalue weighted by Gasteiger charge is -2.24. The lowest BCUT2D eigenvalue weighted by molar-refractivity contribution is -0.0788. The molecule has 0 radical (unpaired) electrons. The molecular formula is C23H48N4O6. The molecule has 0 aromatic heterocycles. The van der Waals surface area contributed by atoms with Gasteiger partial charge in [-0.2, -0.15) is 0 Å². The molecule has 33 heavy (non-hydrogen) atoms. The first-order chi connectivity index (χ1) is 16.4. The molecule has 3 N–H and O–H groups in total. The molecule has 0 amide bonds. The predicted octanol–water partition coefficient (Wildman–Crippen LogP) is -0.667. The van der Waals surface area contributed by atoms with Crippen molar-refractivity contribution in [2.75, 3.05) is 132 Å². The fraction of sp³-hybridized carbons (Fsp3) is 1.00. The van der Waals surface area contributed by atoms with E-state index in [2.05, 4.69) is 20.9 Å². The normalized spacial score (nSPS) is 26.0. The highest BCUT2D eigenvalue weighted by Crippen LogP contribution is 1.99. The summed E-state index contributed by atoms with van der Waals surface area (Å²) in [6.07, 6.45) is 2.21. The number of hydrogen-bond acceptors (Lipinski definition) is 10. The van der Waals surface area contributed by atoms with Crippen molar-refractivity contribution in [3.8, 4) is 0 Å². The van der Waals surface area contributed by atoms with Gasteiger partial charge in [-0.3, -0.25) is 4.90 Å². The molecule has 196 valence electrons. The van der Waals surface area contributed by atoms with Crippen LogP contribution in [0, 0.1) is 0 Å². The van der Waals surface area contributed by atoms with E-state index < -0.39 is 0 Å². The van der Waals surface area contributed by atoms with Crippen LogP contribution in [0.15, 0.2) is 0 Å². The molecule has 0 aliphatic carbocycles. The van der Waals surface area contributed by atoms with Crippen molar-refractivity contribution in [3.05, 3.63) is 0 Å². The Kier molecular flexibility index (Phi) is 19.3. The van der Waals surface area contributed by atoms with Crippen LogP contribution < -0.4 is 16.0 Å². The second-order valence-corrected chi connectivity index (χ2v) is 8.28. The second-order valence-electron chi connectivity index (χ2n) is 8.28. The first-order valence-corrected chi connectivity index (χ1v) is 12.8. The number of nitrogens with zero attached hydrogens (tertiary/aromatic N) is 1. The van der Waals surface area contributed by atoms with Gasteiger partial charge in [-0.15, -0.1) is 0 Å². The van der Waals surface area contributed by atoms with Gasteiger partial charge in [0.15, 0.2) is 0 Å². The summed E-state index contributed by atoms with van der Waals surface area (Å²) < 4.78 is 34.1. The Morgan fingerprint density at radius 2 is 1.24 bits per heavy atom. The lowest BCUT2D eigenvalue weighted by atomic mass is 10.3. The van der Waals surface area contributed by atoms with Crippen LogP contribution in [-0.4, -0.2) is 143 Å². The van der Waals surface area contributed by atoms with Crippen molar-refractivity contribution >= 4 is 0 Å². The average molecular weight is 477 g/mol. The van der Waals surface area contributed by atoms with Crippen molar-refractivity contribution in [3.63, 3.8) is 0 Å². The van der Waals surface area contributed by atoms with E-state index in [1.165, 1.54) is 0 Å². The minimum atomic E-state index is -0.103. The van der Waals surface area contributed by atoms with E-state index in [0.29, 0.717) is 72.7 Å². The molecule has 1 atom stereocenters. The summed E-state index contributed by atoms with van der Waals surface area (Å²) in [7, 11) is 0. The van der Waals surface area contributed by atoms with Crippen molar-refractivity contribution in [2.45, 2.75) is 18.9 Å². The van der Waals surface area contributed by atoms with Gasteiger partial charge in [-0.05, 0) is 39.0 Å². The molecule has 2 rings (SSSR count). The summed E-state index contributed by atoms with van der Waals surface area (Å²) in [5.74, 6) is 0. The number of hydrogen-bond donors (Lipinski definition) is 3. The monoisotopic (exact) mass is 476 g/mol. The summed E-state index contributed by atoms with van der Waals surface area (Å²) in [5.41, 5.74) is 0. The minimum Gasteiger partial charge on any atom is -0.377 e. The smallest absolute Gasteiger partial charge is 0.104 e. The van der Waals surface area contributed by atoms with Crippen LogP contribution in [0.3, 0.4) is 0 Å². The molecule has 2 fully saturated rings. The molecular weight excluding hydrogens is 428 g/mol. The molecule has 2 saturated heterocycles. The van der Waals surface area contributed by atoms with Gasteiger partial charge in [-0.1, -0.05) is 0 Å². The Hall–Kier alpha value is -0.400. The summed E-state index contributed by atoms with van der Waals surface area (Å²) in [6.45, 7) is 15.5. The van der Waals surface area contributed by atoms with Gasteiger partial charge in [-0.25, -0.2) is 0 Å². The molecule has 1 unspecified atom stereocenters. The Morgan fingerprint density at radius 3 is 1.97 bits per heavy atom. The topological polar surface area (TPSA) is 94.7 Å². The third kappa shape index (κ3) is 17.7. The fourth-order valence-electron chi connectivity index (χ4n) is 3.59. The molecule has 0 bridgehead atoms. The van der Waals surface area contributed by atoms with Crippen LogP contribution in [0.1, 0.15) is 12.8 Å². The Labute approximate surface area is 200 Å². The molecule has 2 aliphatic heterocycles. The summed E-state index contributed by atoms with van der Waals surface area (Å²) in [5, 5.41) is 10.5. The van der Waals surface area contributed by atoms with Gasteiger partial charge in [0, 0.05) is 32.7 Å². The zero-order valence-corrected chi connectivity index (χ0v) is 20.5. The van der Waals surface area contributed by atoms with E-state index in [1.807, 2.05) is 0 Å². The molecule has 2 heterocycles. The maximum absolute atomic E-state index is 5.99. The quantitative estimate of drug-likeness (QED) is 0.444. The second kappa shape index (κ2) is 22.1. The van der Waals surface area contributed by atoms with Crippen LogP contribution >= 0.6 is 0 Å². The summed E-state index contributed by atoms with van der Waals surface area (Å²) >= 11 is 0. The number of rotatable bonds is 5. The molecule has 0 spiro atoms. The highest BCUT2D eigenvalue weighted by Gasteiger charge is 2.12. The van der Waals surface area contributed by atoms with Crippen molar-refractivity contribution in [1.82, 2.24) is 20.9 Å². The highest BCUT2D eigenvalue weighted by atomic mass is 16.6. The van der Waals surface area contributed by atoms with E-state index >= 15 is 0 Å². The van der Waals surface area contributed by atoms with Gasteiger partial charge in [0.25, 0.3) is 0 Å². The van der Waals surface area contributed by atoms with Gasteiger partial charge in [0.1, 0.15) is 6.10 Å². The van der Waals surface area contributed by atoms with Gasteiger partial charge in [0.05, 0.1) is 72.7 Å². The van der Waals surface area contributed by atoms with E-state index in [9.17, 15) is 0 Å². The molecule has 10 nitrogen and oxygen atoms in total. The van der Waals surface area contributed by atoms with Crippen molar-refractivity contribution in [1.29, 1.82) is 0 Å². The standard InChI is InChI=1S/C23H48N4O6/c1-3-24-6-7-25-5-2-9-27(10-8-26-4-1)11-12-31-21-23-22-32-18-17-29-14-13-28-15-16-30-19-20-33-23/h23-26H,1-22H2. The summed E-state index contributed by atoms with van der Waals surface area (Å²) in [6, 6.07) is 0. The third-order valence-electron chi connectivity index (χ3n) is 5.47. The van der Waals surface area contributed by atoms with E-state index in [0.717, 1.165) is 71.7 Å². The highest BCUT2D eigenvalue weighted by molar-refractivity contribution is 4.64. The van der Waals surface area contributed by atoms with E-state index in [-0.39, 0.29) is 6.10 Å². The first-order valence-electron chi connectivity index (χ1n) is 12.8. The lowest BCUT2D eigenvalue weighted by Crippen LogP contribution is -2.38. The fourth-order valence-corrected chi connectivity index (χ4v) is 3.59. The van der Waals surface area contributed by atoms with Gasteiger partial charge >= 0.3 is 0 Å². The Balaban J connectivity index is 1.63. The third-order valence-corrected chi connectivity index (χ3v) is 5.47. The largest absolute Gasteiger partial charge is 0.377 e. The Morgan fingerprint density at radius 1 is 0.636 bits per heavy atom. The van der Waals surface area contributed by atoms with Crippen molar-refractivity contribution < 1.29 is 28.4 Å². The number of nitrogens with one attached hydrogen (secondary N) is 3. The summed E-state index contributed by atoms with van der Waals surface area (Å²) in [4.78, 5) is 2.49. The molecule has 0 aromatic carbocycles. The zero-order chi connectivity index (χ0) is 23.1. The van der Waals surface area contributed by atoms with E-state index in [1.54, 1.807) is 0 Å². The maximum atomic E-state index is 5.99. The number of ether oxygens (including phenoxy) is 6. The maximum Gasteiger partial charge on any atom is 0.104 e. The van der Waals surface area contributed by atoms with Crippen LogP contribution in [0.4, 0.5) is 0 Å². The van der Waals surface area contributed by atoms with E-state index in [4.69, 9.17) is 28.4 Å². The van der Waals surface area contributed by atoms with Crippen LogP contribution in [-0.2, 0) is 28.4 Å². The molecule has 0 aromatic rings. The molecule has 2 aliphatic rings. The minimum absolute atomic E-state index is 0.103. The molecule has 0 saturated carbocycles. The molecule has 10 heteroatoms. The van der Waals surface area contributed by atoms with Crippen LogP contribution in [0.2, 0.25) is 0 Å².